The van der Waals surface area contributed by atoms with Gasteiger partial charge in [0.1, 0.15) is 16.5 Å². The maximum Gasteiger partial charge on any atom is 0.167 e. The van der Waals surface area contributed by atoms with E-state index in [0.717, 1.165) is 60.1 Å². The molecule has 3 heterocycles. The zero-order valence-corrected chi connectivity index (χ0v) is 23.8. The summed E-state index contributed by atoms with van der Waals surface area (Å²) in [6.45, 7) is 7.68. The number of anilines is 3. The number of hydrogen-bond donors (Lipinski definition) is 1. The number of fused-ring (bicyclic) bond motifs is 1. The van der Waals surface area contributed by atoms with Crippen LogP contribution in [0.2, 0.25) is 5.15 Å². The molecule has 0 bridgehead atoms. The molecule has 2 aromatic heterocycles. The molecule has 0 spiro atoms. The summed E-state index contributed by atoms with van der Waals surface area (Å²) in [5, 5.41) is 4.04. The molecule has 1 fully saturated rings. The highest BCUT2D eigenvalue weighted by atomic mass is 127. The van der Waals surface area contributed by atoms with Crippen LogP contribution in [0, 0.1) is 6.92 Å². The Hall–Kier alpha value is -0.800. The first-order valence-corrected chi connectivity index (χ1v) is 16.3. The Bertz CT molecular complexity index is 1060. The summed E-state index contributed by atoms with van der Waals surface area (Å²) in [6, 6.07) is 8.54. The van der Waals surface area contributed by atoms with Crippen LogP contribution >= 0.6 is 52.0 Å². The number of ether oxygens (including phenoxy) is 1. The Morgan fingerprint density at radius 3 is 2.59 bits per heavy atom. The number of nitrogens with one attached hydrogen (secondary N) is 1. The van der Waals surface area contributed by atoms with Gasteiger partial charge in [-0.3, -0.25) is 4.34 Å². The lowest BCUT2D eigenvalue weighted by Crippen LogP contribution is -2.15. The molecule has 174 valence electrons. The van der Waals surface area contributed by atoms with Crippen LogP contribution in [0.3, 0.4) is 0 Å². The molecule has 1 aliphatic heterocycles. The van der Waals surface area contributed by atoms with Crippen molar-refractivity contribution in [3.63, 3.8) is 0 Å². The maximum atomic E-state index is 6.37. The monoisotopic (exact) mass is 605 g/mol. The van der Waals surface area contributed by atoms with E-state index in [0.29, 0.717) is 17.4 Å². The fourth-order valence-corrected chi connectivity index (χ4v) is 6.44. The smallest absolute Gasteiger partial charge is 0.167 e. The number of rotatable bonds is 6. The van der Waals surface area contributed by atoms with Crippen LogP contribution in [0.25, 0.3) is 11.2 Å². The van der Waals surface area contributed by atoms with Crippen LogP contribution in [0.5, 0.6) is 0 Å². The van der Waals surface area contributed by atoms with Crippen molar-refractivity contribution in [2.45, 2.75) is 39.5 Å². The van der Waals surface area contributed by atoms with Crippen molar-refractivity contribution in [1.82, 2.24) is 14.3 Å². The highest BCUT2D eigenvalue weighted by Crippen LogP contribution is 2.39. The number of nitrogens with zero attached hydrogens (tertiary/aromatic N) is 4. The molecular formula is C22H30ClIN5OPS. The van der Waals surface area contributed by atoms with Crippen LogP contribution in [0.4, 0.5) is 17.1 Å². The Kier molecular flexibility index (Phi) is 9.73. The van der Waals surface area contributed by atoms with Gasteiger partial charge in [0.2, 0.25) is 0 Å². The number of hydrogen-bond acceptors (Lipinski definition) is 6. The Morgan fingerprint density at radius 2 is 1.94 bits per heavy atom. The van der Waals surface area contributed by atoms with Crippen molar-refractivity contribution in [3.05, 3.63) is 40.8 Å². The molecule has 0 saturated carbocycles. The molecular weight excluding hydrogens is 576 g/mol. The molecule has 1 aliphatic rings. The predicted molar refractivity (Wildman–Crippen MR) is 151 cm³/mol. The third-order valence-corrected chi connectivity index (χ3v) is 8.52. The second-order valence-electron chi connectivity index (χ2n) is 7.21. The molecule has 32 heavy (non-hydrogen) atoms. The molecule has 1 N–H and O–H groups in total. The molecule has 1 saturated heterocycles. The van der Waals surface area contributed by atoms with Gasteiger partial charge in [0.15, 0.2) is 5.65 Å². The average molecular weight is 606 g/mol. The van der Waals surface area contributed by atoms with E-state index >= 15 is 0 Å². The van der Waals surface area contributed by atoms with Crippen molar-refractivity contribution in [2.24, 2.45) is 0 Å². The van der Waals surface area contributed by atoms with E-state index in [2.05, 4.69) is 72.5 Å². The number of aromatic nitrogens is 3. The fraction of sp³-hybridized carbons (Fsp3) is 0.455. The van der Waals surface area contributed by atoms with Crippen molar-refractivity contribution >= 4 is 80.2 Å². The quantitative estimate of drug-likeness (QED) is 0.135. The summed E-state index contributed by atoms with van der Waals surface area (Å²) in [6.07, 6.45) is 4.74. The number of benzene rings is 1. The highest BCUT2D eigenvalue weighted by Gasteiger charge is 2.20. The van der Waals surface area contributed by atoms with Gasteiger partial charge >= 0.3 is 0 Å². The molecule has 0 amide bonds. The number of imidazole rings is 1. The topological polar surface area (TPSA) is 55.2 Å². The summed E-state index contributed by atoms with van der Waals surface area (Å²) >= 11 is 10.4. The molecule has 0 radical (unpaired) electrons. The first-order valence-electron chi connectivity index (χ1n) is 10.7. The van der Waals surface area contributed by atoms with Gasteiger partial charge in [-0.15, -0.1) is 0 Å². The van der Waals surface area contributed by atoms with Gasteiger partial charge in [-0.05, 0) is 65.4 Å². The fourth-order valence-electron chi connectivity index (χ4n) is 3.77. The molecule has 1 atom stereocenters. The standard InChI is InChI=1S/C20H24ClIN5OPS.C2H6/c1-12-23-19-16(11-18(21)25-20(19)27(12)29-22)24-15-5-4-14(10-17(15)26(2)30-3)13-6-8-28-9-7-13;1-2/h4-5,10-11,13,29H,6-9H2,1-3H3,(H,24,25);1-2H3. The Labute approximate surface area is 214 Å². The first kappa shape index (κ1) is 25.8. The van der Waals surface area contributed by atoms with Gasteiger partial charge in [0, 0.05) is 32.6 Å². The molecule has 6 nitrogen and oxygen atoms in total. The largest absolute Gasteiger partial charge is 0.381 e. The predicted octanol–water partition coefficient (Wildman–Crippen LogP) is 7.56. The lowest BCUT2D eigenvalue weighted by Gasteiger charge is -2.26. The van der Waals surface area contributed by atoms with Gasteiger partial charge < -0.3 is 14.4 Å². The van der Waals surface area contributed by atoms with E-state index in [9.17, 15) is 0 Å². The minimum atomic E-state index is 0.458. The third kappa shape index (κ3) is 5.63. The number of pyridine rings is 1. The molecule has 0 aliphatic carbocycles. The molecule has 10 heteroatoms. The van der Waals surface area contributed by atoms with E-state index in [1.165, 1.54) is 5.56 Å². The summed E-state index contributed by atoms with van der Waals surface area (Å²) in [7, 11) is 2.09. The lowest BCUT2D eigenvalue weighted by atomic mass is 9.91. The van der Waals surface area contributed by atoms with Gasteiger partial charge in [0.25, 0.3) is 0 Å². The minimum Gasteiger partial charge on any atom is -0.381 e. The highest BCUT2D eigenvalue weighted by molar-refractivity contribution is 14.2. The Balaban J connectivity index is 0.00000141. The molecule has 1 aromatic carbocycles. The van der Waals surface area contributed by atoms with E-state index < -0.39 is 0 Å². The minimum absolute atomic E-state index is 0.458. The Morgan fingerprint density at radius 1 is 1.22 bits per heavy atom. The van der Waals surface area contributed by atoms with E-state index in [4.69, 9.17) is 21.3 Å². The van der Waals surface area contributed by atoms with E-state index in [1.54, 1.807) is 11.9 Å². The first-order chi connectivity index (χ1) is 15.5. The summed E-state index contributed by atoms with van der Waals surface area (Å²) < 4.78 is 9.82. The van der Waals surface area contributed by atoms with Crippen LogP contribution in [0.15, 0.2) is 24.3 Å². The lowest BCUT2D eigenvalue weighted by molar-refractivity contribution is 0.0853. The van der Waals surface area contributed by atoms with Crippen molar-refractivity contribution in [1.29, 1.82) is 0 Å². The van der Waals surface area contributed by atoms with Crippen LogP contribution in [-0.4, -0.2) is 40.8 Å². The summed E-state index contributed by atoms with van der Waals surface area (Å²) in [5.74, 6) is 1.48. The zero-order chi connectivity index (χ0) is 23.3. The van der Waals surface area contributed by atoms with Crippen molar-refractivity contribution < 1.29 is 4.74 Å². The van der Waals surface area contributed by atoms with Crippen LogP contribution in [-0.2, 0) is 4.74 Å². The van der Waals surface area contributed by atoms with Gasteiger partial charge in [-0.1, -0.05) is 43.5 Å². The number of aryl methyl sites for hydroxylation is 1. The average Bonchev–Trinajstić information content (AvgIpc) is 3.15. The van der Waals surface area contributed by atoms with Crippen molar-refractivity contribution in [3.8, 4) is 0 Å². The maximum absolute atomic E-state index is 6.37. The van der Waals surface area contributed by atoms with Crippen LogP contribution in [0.1, 0.15) is 44.0 Å². The molecule has 3 aromatic rings. The SMILES string of the molecule is CC.CSN(C)c1cc(C2CCOCC2)ccc1Nc1cc(Cl)nc2c1nc(C)n2PI. The van der Waals surface area contributed by atoms with Gasteiger partial charge in [-0.2, -0.15) is 0 Å². The van der Waals surface area contributed by atoms with Gasteiger partial charge in [-0.25, -0.2) is 9.97 Å². The van der Waals surface area contributed by atoms with Crippen LogP contribution < -0.4 is 9.62 Å². The zero-order valence-electron chi connectivity index (χ0n) is 19.1. The van der Waals surface area contributed by atoms with E-state index in [-0.39, 0.29) is 0 Å². The molecule has 4 rings (SSSR count). The summed E-state index contributed by atoms with van der Waals surface area (Å²) in [4.78, 5) is 9.28. The third-order valence-electron chi connectivity index (χ3n) is 5.43. The second-order valence-corrected chi connectivity index (χ2v) is 10.6. The summed E-state index contributed by atoms with van der Waals surface area (Å²) in [5.41, 5.74) is 6.05. The normalized spacial score (nSPS) is 14.6. The second kappa shape index (κ2) is 12.1. The molecule has 1 unspecified atom stereocenters. The number of halogens is 2. The van der Waals surface area contributed by atoms with Crippen molar-refractivity contribution in [2.75, 3.05) is 36.1 Å². The van der Waals surface area contributed by atoms with Gasteiger partial charge in [0.05, 0.1) is 23.4 Å². The van der Waals surface area contributed by atoms with E-state index in [1.807, 2.05) is 26.8 Å².